The fraction of sp³-hybridized carbons (Fsp3) is 0.417. The molecule has 1 aromatic heterocycles. The number of Topliss-reactive ketones (excluding diaryl/α,β-unsaturated/α-hetero) is 1. The quantitative estimate of drug-likeness (QED) is 0.188. The van der Waals surface area contributed by atoms with E-state index in [-0.39, 0.29) is 29.2 Å². The predicted octanol–water partition coefficient (Wildman–Crippen LogP) is 7.22. The number of ether oxygens (including phenoxy) is 2. The van der Waals surface area contributed by atoms with Crippen molar-refractivity contribution in [3.05, 3.63) is 58.2 Å². The molecule has 0 fully saturated rings. The molecule has 0 saturated carbocycles. The molecular weight excluding hydrogens is 515 g/mol. The number of rotatable bonds is 9. The van der Waals surface area contributed by atoms with E-state index in [9.17, 15) is 9.59 Å². The maximum atomic E-state index is 13.1. The molecule has 184 valence electrons. The van der Waals surface area contributed by atoms with Crippen LogP contribution in [0.2, 0.25) is 10.2 Å². The number of ketones is 1. The van der Waals surface area contributed by atoms with Crippen molar-refractivity contribution < 1.29 is 19.1 Å². The van der Waals surface area contributed by atoms with Gasteiger partial charge in [-0.2, -0.15) is 0 Å². The average Bonchev–Trinajstić information content (AvgIpc) is 2.74. The molecule has 1 heterocycles. The Morgan fingerprint density at radius 1 is 1.15 bits per heavy atom. The first-order valence-corrected chi connectivity index (χ1v) is 12.8. The maximum Gasteiger partial charge on any atom is 0.416 e. The number of carbonyl (C=O) groups is 2. The van der Waals surface area contributed by atoms with Crippen LogP contribution in [0.25, 0.3) is 0 Å². The lowest BCUT2D eigenvalue weighted by atomic mass is 10.1. The molecule has 1 unspecified atom stereocenters. The summed E-state index contributed by atoms with van der Waals surface area (Å²) in [7, 11) is 0. The van der Waals surface area contributed by atoms with Crippen LogP contribution in [0, 0.1) is 0 Å². The molecule has 2 rings (SSSR count). The number of nitrogens with zero attached hydrogens (tertiary/aromatic N) is 2. The fourth-order valence-electron chi connectivity index (χ4n) is 2.88. The number of benzene rings is 1. The van der Waals surface area contributed by atoms with Gasteiger partial charge in [0.2, 0.25) is 4.38 Å². The second-order valence-corrected chi connectivity index (χ2v) is 11.0. The number of carbonyl (C=O) groups excluding carboxylic acids is 2. The number of anilines is 1. The standard InChI is InChI=1S/C24H28Cl2N2O4S2/c1-5-31-23(33)34-18(13-14-19(29)16-9-11-17(25)12-10-16)15-28(22(30)32-24(2,3)4)21-8-6-7-20(26)27-21/h6-12,18H,5,13-15H2,1-4H3. The maximum absolute atomic E-state index is 13.1. The van der Waals surface area contributed by atoms with Crippen molar-refractivity contribution in [2.24, 2.45) is 0 Å². The normalized spacial score (nSPS) is 12.1. The molecule has 1 aromatic carbocycles. The molecule has 1 atom stereocenters. The number of halogens is 2. The largest absolute Gasteiger partial charge is 0.479 e. The summed E-state index contributed by atoms with van der Waals surface area (Å²) in [5.41, 5.74) is -0.136. The van der Waals surface area contributed by atoms with Crippen LogP contribution in [0.15, 0.2) is 42.5 Å². The number of pyridine rings is 1. The van der Waals surface area contributed by atoms with Gasteiger partial charge in [-0.3, -0.25) is 9.69 Å². The van der Waals surface area contributed by atoms with Crippen molar-refractivity contribution in [1.82, 2.24) is 4.98 Å². The molecule has 0 spiro atoms. The highest BCUT2D eigenvalue weighted by Crippen LogP contribution is 2.26. The Labute approximate surface area is 220 Å². The summed E-state index contributed by atoms with van der Waals surface area (Å²) >= 11 is 18.6. The summed E-state index contributed by atoms with van der Waals surface area (Å²) in [5.74, 6) is 0.313. The second-order valence-electron chi connectivity index (χ2n) is 8.30. The van der Waals surface area contributed by atoms with Gasteiger partial charge in [0.15, 0.2) is 5.78 Å². The van der Waals surface area contributed by atoms with E-state index in [1.165, 1.54) is 16.7 Å². The van der Waals surface area contributed by atoms with Crippen molar-refractivity contribution >= 4 is 69.3 Å². The average molecular weight is 544 g/mol. The van der Waals surface area contributed by atoms with Crippen LogP contribution in [-0.2, 0) is 9.47 Å². The van der Waals surface area contributed by atoms with Gasteiger partial charge in [-0.05, 0) is 82.7 Å². The van der Waals surface area contributed by atoms with E-state index in [1.54, 1.807) is 63.2 Å². The van der Waals surface area contributed by atoms with Gasteiger partial charge in [0.05, 0.1) is 6.61 Å². The molecule has 0 aliphatic heterocycles. The minimum absolute atomic E-state index is 0.0331. The highest BCUT2D eigenvalue weighted by Gasteiger charge is 2.28. The molecule has 0 bridgehead atoms. The van der Waals surface area contributed by atoms with Crippen molar-refractivity contribution in [2.45, 2.75) is 51.4 Å². The Balaban J connectivity index is 2.25. The van der Waals surface area contributed by atoms with Crippen LogP contribution in [0.3, 0.4) is 0 Å². The molecule has 0 radical (unpaired) electrons. The van der Waals surface area contributed by atoms with E-state index < -0.39 is 11.7 Å². The Hall–Kier alpha value is -1.87. The first-order valence-electron chi connectivity index (χ1n) is 10.7. The Morgan fingerprint density at radius 2 is 1.82 bits per heavy atom. The number of thioether (sulfide) groups is 1. The monoisotopic (exact) mass is 542 g/mol. The van der Waals surface area contributed by atoms with Gasteiger partial charge in [0.25, 0.3) is 0 Å². The molecular formula is C24H28Cl2N2O4S2. The lowest BCUT2D eigenvalue weighted by molar-refractivity contribution is 0.0579. The van der Waals surface area contributed by atoms with Crippen molar-refractivity contribution in [2.75, 3.05) is 18.1 Å². The molecule has 10 heteroatoms. The van der Waals surface area contributed by atoms with Gasteiger partial charge >= 0.3 is 6.09 Å². The minimum atomic E-state index is -0.707. The van der Waals surface area contributed by atoms with Crippen molar-refractivity contribution in [3.63, 3.8) is 0 Å². The SMILES string of the molecule is CCOC(=S)SC(CCC(=O)c1ccc(Cl)cc1)CN(C(=O)OC(C)(C)C)c1cccc(Cl)n1. The summed E-state index contributed by atoms with van der Waals surface area (Å²) in [5, 5.41) is 0.552. The van der Waals surface area contributed by atoms with Crippen LogP contribution < -0.4 is 4.90 Å². The van der Waals surface area contributed by atoms with Crippen LogP contribution in [0.4, 0.5) is 10.6 Å². The third-order valence-corrected chi connectivity index (χ3v) is 6.26. The van der Waals surface area contributed by atoms with Gasteiger partial charge in [-0.15, -0.1) is 0 Å². The van der Waals surface area contributed by atoms with Crippen LogP contribution in [0.1, 0.15) is 50.9 Å². The lowest BCUT2D eigenvalue weighted by Gasteiger charge is -2.29. The molecule has 0 aliphatic carbocycles. The van der Waals surface area contributed by atoms with Gasteiger partial charge < -0.3 is 9.47 Å². The van der Waals surface area contributed by atoms with Crippen LogP contribution in [-0.4, -0.2) is 45.2 Å². The predicted molar refractivity (Wildman–Crippen MR) is 143 cm³/mol. The summed E-state index contributed by atoms with van der Waals surface area (Å²) in [6, 6.07) is 11.8. The first kappa shape index (κ1) is 28.4. The van der Waals surface area contributed by atoms with Crippen molar-refractivity contribution in [3.8, 4) is 0 Å². The summed E-state index contributed by atoms with van der Waals surface area (Å²) < 4.78 is 11.4. The first-order chi connectivity index (χ1) is 16.0. The number of aromatic nitrogens is 1. The zero-order valence-electron chi connectivity index (χ0n) is 19.5. The summed E-state index contributed by atoms with van der Waals surface area (Å²) in [6.07, 6.45) is 0.123. The zero-order chi connectivity index (χ0) is 25.3. The molecule has 2 aromatic rings. The summed E-state index contributed by atoms with van der Waals surface area (Å²) in [4.78, 5) is 31.5. The summed E-state index contributed by atoms with van der Waals surface area (Å²) in [6.45, 7) is 7.82. The topological polar surface area (TPSA) is 68.7 Å². The Morgan fingerprint density at radius 3 is 2.41 bits per heavy atom. The van der Waals surface area contributed by atoms with Gasteiger partial charge in [0.1, 0.15) is 16.6 Å². The van der Waals surface area contributed by atoms with Crippen LogP contribution in [0.5, 0.6) is 0 Å². The molecule has 6 nitrogen and oxygen atoms in total. The number of hydrogen-bond acceptors (Lipinski definition) is 7. The van der Waals surface area contributed by atoms with Gasteiger partial charge in [0, 0.05) is 28.8 Å². The highest BCUT2D eigenvalue weighted by atomic mass is 35.5. The molecule has 0 N–H and O–H groups in total. The number of hydrogen-bond donors (Lipinski definition) is 0. The fourth-order valence-corrected chi connectivity index (χ4v) is 4.61. The smallest absolute Gasteiger partial charge is 0.416 e. The van der Waals surface area contributed by atoms with Crippen molar-refractivity contribution in [1.29, 1.82) is 0 Å². The van der Waals surface area contributed by atoms with E-state index in [0.29, 0.717) is 33.8 Å². The van der Waals surface area contributed by atoms with Crippen LogP contribution >= 0.6 is 47.2 Å². The van der Waals surface area contributed by atoms with Gasteiger partial charge in [-0.25, -0.2) is 9.78 Å². The van der Waals surface area contributed by atoms with E-state index in [2.05, 4.69) is 4.98 Å². The highest BCUT2D eigenvalue weighted by molar-refractivity contribution is 8.23. The van der Waals surface area contributed by atoms with Gasteiger partial charge in [-0.1, -0.05) is 41.0 Å². The molecule has 1 amide bonds. The number of thiocarbonyl (C=S) groups is 1. The molecule has 0 aliphatic rings. The minimum Gasteiger partial charge on any atom is -0.479 e. The second kappa shape index (κ2) is 13.3. The molecule has 0 saturated heterocycles. The zero-order valence-corrected chi connectivity index (χ0v) is 22.7. The molecule has 34 heavy (non-hydrogen) atoms. The van der Waals surface area contributed by atoms with E-state index in [4.69, 9.17) is 44.9 Å². The third kappa shape index (κ3) is 9.78. The Kier molecular flexibility index (Phi) is 11.1. The van der Waals surface area contributed by atoms with E-state index in [1.807, 2.05) is 6.92 Å². The van der Waals surface area contributed by atoms with E-state index >= 15 is 0 Å². The third-order valence-electron chi connectivity index (χ3n) is 4.36. The Bertz CT molecular complexity index is 997. The number of amides is 1. The lowest BCUT2D eigenvalue weighted by Crippen LogP contribution is -2.41. The van der Waals surface area contributed by atoms with E-state index in [0.717, 1.165) is 0 Å².